The molecule has 1 N–H and O–H groups in total. The maximum atomic E-state index is 12.5. The molecule has 28 heavy (non-hydrogen) atoms. The lowest BCUT2D eigenvalue weighted by Gasteiger charge is -2.05. The van der Waals surface area contributed by atoms with Crippen LogP contribution in [0.1, 0.15) is 17.3 Å². The van der Waals surface area contributed by atoms with Gasteiger partial charge in [0.2, 0.25) is 4.96 Å². The number of benzene rings is 2. The number of carbonyl (C=O) groups excluding carboxylic acids is 1. The number of fused-ring (bicyclic) bond motifs is 1. The Balaban J connectivity index is 1.59. The minimum Gasteiger partial charge on any atom is -0.497 e. The summed E-state index contributed by atoms with van der Waals surface area (Å²) in [4.78, 5) is 17.6. The number of ether oxygens (including phenoxy) is 2. The van der Waals surface area contributed by atoms with Crippen LogP contribution in [-0.2, 0) is 0 Å². The molecular formula is C20H18N4O3S. The van der Waals surface area contributed by atoms with Gasteiger partial charge in [0.1, 0.15) is 11.5 Å². The largest absolute Gasteiger partial charge is 0.497 e. The SMILES string of the molecule is CCOc1cccc(C(=O)Nc2nc3scc(-c4cccc(OC)c4)n3n2)c1. The van der Waals surface area contributed by atoms with Gasteiger partial charge < -0.3 is 9.47 Å². The quantitative estimate of drug-likeness (QED) is 0.532. The first-order chi connectivity index (χ1) is 13.7. The van der Waals surface area contributed by atoms with Gasteiger partial charge in [-0.15, -0.1) is 16.4 Å². The van der Waals surface area contributed by atoms with Crippen molar-refractivity contribution in [3.05, 3.63) is 59.5 Å². The first-order valence-corrected chi connectivity index (χ1v) is 9.59. The zero-order valence-corrected chi connectivity index (χ0v) is 16.2. The van der Waals surface area contributed by atoms with Gasteiger partial charge in [-0.1, -0.05) is 18.2 Å². The lowest BCUT2D eigenvalue weighted by atomic mass is 10.2. The molecular weight excluding hydrogens is 376 g/mol. The summed E-state index contributed by atoms with van der Waals surface area (Å²) in [5, 5.41) is 9.16. The Morgan fingerprint density at radius 3 is 2.82 bits per heavy atom. The molecule has 4 aromatic rings. The van der Waals surface area contributed by atoms with Gasteiger partial charge in [-0.2, -0.15) is 4.98 Å². The van der Waals surface area contributed by atoms with Gasteiger partial charge in [0.15, 0.2) is 0 Å². The minimum atomic E-state index is -0.289. The number of rotatable bonds is 6. The van der Waals surface area contributed by atoms with E-state index in [1.807, 2.05) is 42.6 Å². The summed E-state index contributed by atoms with van der Waals surface area (Å²) in [6.45, 7) is 2.44. The van der Waals surface area contributed by atoms with Gasteiger partial charge in [0.05, 0.1) is 19.4 Å². The number of methoxy groups -OCH3 is 1. The fraction of sp³-hybridized carbons (Fsp3) is 0.150. The second-order valence-corrected chi connectivity index (χ2v) is 6.73. The first-order valence-electron chi connectivity index (χ1n) is 8.71. The molecule has 0 aliphatic carbocycles. The van der Waals surface area contributed by atoms with Crippen LogP contribution in [0.15, 0.2) is 53.9 Å². The lowest BCUT2D eigenvalue weighted by molar-refractivity contribution is 0.102. The predicted molar refractivity (Wildman–Crippen MR) is 108 cm³/mol. The third kappa shape index (κ3) is 3.54. The minimum absolute atomic E-state index is 0.253. The highest BCUT2D eigenvalue weighted by Crippen LogP contribution is 2.28. The maximum absolute atomic E-state index is 12.5. The monoisotopic (exact) mass is 394 g/mol. The van der Waals surface area contributed by atoms with Gasteiger partial charge >= 0.3 is 0 Å². The molecule has 0 aliphatic rings. The van der Waals surface area contributed by atoms with Crippen molar-refractivity contribution >= 4 is 28.2 Å². The molecule has 8 heteroatoms. The molecule has 0 saturated heterocycles. The summed E-state index contributed by atoms with van der Waals surface area (Å²) in [5.41, 5.74) is 2.32. The normalized spacial score (nSPS) is 10.8. The highest BCUT2D eigenvalue weighted by molar-refractivity contribution is 7.15. The van der Waals surface area contributed by atoms with E-state index in [0.717, 1.165) is 17.0 Å². The van der Waals surface area contributed by atoms with E-state index in [1.165, 1.54) is 11.3 Å². The van der Waals surface area contributed by atoms with Gasteiger partial charge in [-0.25, -0.2) is 4.52 Å². The van der Waals surface area contributed by atoms with Gasteiger partial charge in [-0.3, -0.25) is 10.1 Å². The summed E-state index contributed by atoms with van der Waals surface area (Å²) >= 11 is 1.45. The summed E-state index contributed by atoms with van der Waals surface area (Å²) in [5.74, 6) is 1.37. The van der Waals surface area contributed by atoms with E-state index < -0.39 is 0 Å². The molecule has 0 aliphatic heterocycles. The molecule has 0 atom stereocenters. The van der Waals surface area contributed by atoms with Crippen molar-refractivity contribution in [1.82, 2.24) is 14.6 Å². The fourth-order valence-electron chi connectivity index (χ4n) is 2.78. The topological polar surface area (TPSA) is 77.8 Å². The van der Waals surface area contributed by atoms with Crippen molar-refractivity contribution < 1.29 is 14.3 Å². The number of nitrogens with zero attached hydrogens (tertiary/aromatic N) is 3. The summed E-state index contributed by atoms with van der Waals surface area (Å²) in [6.07, 6.45) is 0. The Morgan fingerprint density at radius 2 is 2.00 bits per heavy atom. The van der Waals surface area contributed by atoms with Crippen LogP contribution in [0.5, 0.6) is 11.5 Å². The van der Waals surface area contributed by atoms with Crippen molar-refractivity contribution in [2.24, 2.45) is 0 Å². The zero-order valence-electron chi connectivity index (χ0n) is 15.4. The van der Waals surface area contributed by atoms with E-state index in [4.69, 9.17) is 9.47 Å². The van der Waals surface area contributed by atoms with E-state index in [0.29, 0.717) is 22.9 Å². The Kier molecular flexibility index (Phi) is 4.94. The van der Waals surface area contributed by atoms with Crippen molar-refractivity contribution in [3.8, 4) is 22.8 Å². The van der Waals surface area contributed by atoms with Crippen LogP contribution in [-0.4, -0.2) is 34.2 Å². The van der Waals surface area contributed by atoms with E-state index in [-0.39, 0.29) is 11.9 Å². The summed E-state index contributed by atoms with van der Waals surface area (Å²) in [6, 6.07) is 14.7. The lowest BCUT2D eigenvalue weighted by Crippen LogP contribution is -2.13. The molecule has 2 heterocycles. The number of aromatic nitrogens is 3. The van der Waals surface area contributed by atoms with Crippen molar-refractivity contribution in [2.75, 3.05) is 19.0 Å². The van der Waals surface area contributed by atoms with Gasteiger partial charge in [0, 0.05) is 16.5 Å². The van der Waals surface area contributed by atoms with Crippen molar-refractivity contribution in [2.45, 2.75) is 6.92 Å². The second-order valence-electron chi connectivity index (χ2n) is 5.90. The van der Waals surface area contributed by atoms with Crippen LogP contribution in [0, 0.1) is 0 Å². The van der Waals surface area contributed by atoms with Gasteiger partial charge in [0.25, 0.3) is 11.9 Å². The highest BCUT2D eigenvalue weighted by Gasteiger charge is 2.15. The van der Waals surface area contributed by atoms with Gasteiger partial charge in [-0.05, 0) is 37.3 Å². The second kappa shape index (κ2) is 7.69. The molecule has 0 fully saturated rings. The standard InChI is InChI=1S/C20H18N4O3S/c1-3-27-16-9-5-7-14(11-16)18(25)21-19-22-20-24(23-19)17(12-28-20)13-6-4-8-15(10-13)26-2/h4-12H,3H2,1-2H3,(H,21,23,25). The van der Waals surface area contributed by atoms with Crippen molar-refractivity contribution in [3.63, 3.8) is 0 Å². The number of thiazole rings is 1. The average molecular weight is 394 g/mol. The fourth-order valence-corrected chi connectivity index (χ4v) is 3.61. The van der Waals surface area contributed by atoms with E-state index >= 15 is 0 Å². The Hall–Kier alpha value is -3.39. The molecule has 0 radical (unpaired) electrons. The highest BCUT2D eigenvalue weighted by atomic mass is 32.1. The molecule has 0 spiro atoms. The van der Waals surface area contributed by atoms with Crippen LogP contribution >= 0.6 is 11.3 Å². The number of anilines is 1. The molecule has 7 nitrogen and oxygen atoms in total. The first kappa shape index (κ1) is 18.0. The predicted octanol–water partition coefficient (Wildman–Crippen LogP) is 4.12. The molecule has 2 aromatic carbocycles. The van der Waals surface area contributed by atoms with Crippen LogP contribution in [0.2, 0.25) is 0 Å². The van der Waals surface area contributed by atoms with E-state index in [2.05, 4.69) is 15.4 Å². The number of nitrogens with one attached hydrogen (secondary N) is 1. The molecule has 4 rings (SSSR count). The molecule has 0 bridgehead atoms. The average Bonchev–Trinajstić information content (AvgIpc) is 3.28. The van der Waals surface area contributed by atoms with Crippen LogP contribution < -0.4 is 14.8 Å². The van der Waals surface area contributed by atoms with Crippen LogP contribution in [0.25, 0.3) is 16.2 Å². The van der Waals surface area contributed by atoms with Crippen LogP contribution in [0.4, 0.5) is 5.95 Å². The third-order valence-electron chi connectivity index (χ3n) is 4.08. The molecule has 0 unspecified atom stereocenters. The Morgan fingerprint density at radius 1 is 1.18 bits per heavy atom. The van der Waals surface area contributed by atoms with Crippen molar-refractivity contribution in [1.29, 1.82) is 0 Å². The van der Waals surface area contributed by atoms with E-state index in [1.54, 1.807) is 29.8 Å². The number of hydrogen-bond acceptors (Lipinski definition) is 6. The zero-order chi connectivity index (χ0) is 19.5. The number of amides is 1. The smallest absolute Gasteiger partial charge is 0.258 e. The molecule has 1 amide bonds. The molecule has 2 aromatic heterocycles. The Labute approximate surface area is 165 Å². The maximum Gasteiger partial charge on any atom is 0.258 e. The Bertz CT molecular complexity index is 1140. The number of carbonyl (C=O) groups is 1. The summed E-state index contributed by atoms with van der Waals surface area (Å²) in [7, 11) is 1.63. The molecule has 0 saturated carbocycles. The van der Waals surface area contributed by atoms with Crippen LogP contribution in [0.3, 0.4) is 0 Å². The number of hydrogen-bond donors (Lipinski definition) is 1. The third-order valence-corrected chi connectivity index (χ3v) is 4.90. The summed E-state index contributed by atoms with van der Waals surface area (Å²) < 4.78 is 12.4. The van der Waals surface area contributed by atoms with E-state index in [9.17, 15) is 4.79 Å². The molecule has 142 valence electrons.